The fraction of sp³-hybridized carbons (Fsp3) is 0.462. The van der Waals surface area contributed by atoms with E-state index >= 15 is 0 Å². The first-order valence-corrected chi connectivity index (χ1v) is 11.5. The van der Waals surface area contributed by atoms with E-state index in [0.29, 0.717) is 30.3 Å². The first-order chi connectivity index (χ1) is 14.9. The van der Waals surface area contributed by atoms with Gasteiger partial charge in [0.05, 0.1) is 0 Å². The first-order valence-electron chi connectivity index (χ1n) is 11.5. The summed E-state index contributed by atoms with van der Waals surface area (Å²) in [6, 6.07) is 7.55. The van der Waals surface area contributed by atoms with Crippen molar-refractivity contribution < 1.29 is 4.74 Å². The smallest absolute Gasteiger partial charge is 0.127 e. The maximum atomic E-state index is 8.70. The van der Waals surface area contributed by atoms with E-state index in [1.54, 1.807) is 0 Å². The van der Waals surface area contributed by atoms with E-state index in [2.05, 4.69) is 19.1 Å². The van der Waals surface area contributed by atoms with E-state index in [-0.39, 0.29) is 11.9 Å². The number of amidine groups is 1. The highest BCUT2D eigenvalue weighted by molar-refractivity contribution is 6.07. The van der Waals surface area contributed by atoms with Gasteiger partial charge in [0.15, 0.2) is 0 Å². The Morgan fingerprint density at radius 1 is 1.16 bits per heavy atom. The zero-order valence-corrected chi connectivity index (χ0v) is 18.8. The molecule has 3 rings (SSSR count). The van der Waals surface area contributed by atoms with Crippen molar-refractivity contribution in [3.63, 3.8) is 0 Å². The lowest BCUT2D eigenvalue weighted by molar-refractivity contribution is 0.432. The molecule has 0 aromatic heterocycles. The fourth-order valence-corrected chi connectivity index (χ4v) is 4.48. The van der Waals surface area contributed by atoms with Crippen LogP contribution in [0.2, 0.25) is 0 Å². The fourth-order valence-electron chi connectivity index (χ4n) is 4.48. The second-order valence-electron chi connectivity index (χ2n) is 8.81. The summed E-state index contributed by atoms with van der Waals surface area (Å²) in [6.07, 6.45) is 13.0. The van der Waals surface area contributed by atoms with E-state index in [9.17, 15) is 0 Å². The molecule has 1 saturated carbocycles. The highest BCUT2D eigenvalue weighted by atomic mass is 16.5. The molecule has 5 nitrogen and oxygen atoms in total. The number of ether oxygens (including phenoxy) is 1. The van der Waals surface area contributed by atoms with E-state index < -0.39 is 0 Å². The minimum Gasteiger partial charge on any atom is -0.458 e. The van der Waals surface area contributed by atoms with Crippen molar-refractivity contribution in [1.29, 1.82) is 10.8 Å². The maximum Gasteiger partial charge on any atom is 0.127 e. The van der Waals surface area contributed by atoms with Crippen LogP contribution in [0.15, 0.2) is 53.8 Å². The van der Waals surface area contributed by atoms with Gasteiger partial charge in [0.2, 0.25) is 0 Å². The van der Waals surface area contributed by atoms with Crippen LogP contribution in [0.1, 0.15) is 64.4 Å². The molecule has 31 heavy (non-hydrogen) atoms. The molecule has 0 saturated heterocycles. The molecule has 0 bridgehead atoms. The van der Waals surface area contributed by atoms with Crippen LogP contribution in [0.5, 0.6) is 5.75 Å². The lowest BCUT2D eigenvalue weighted by Crippen LogP contribution is -2.32. The minimum atomic E-state index is -0.321. The highest BCUT2D eigenvalue weighted by Gasteiger charge is 2.24. The third kappa shape index (κ3) is 5.95. The molecule has 6 N–H and O–H groups in total. The summed E-state index contributed by atoms with van der Waals surface area (Å²) in [5.41, 5.74) is 15.6. The summed E-state index contributed by atoms with van der Waals surface area (Å²) >= 11 is 0. The Kier molecular flexibility index (Phi) is 7.85. The number of nitrogens with one attached hydrogen (secondary N) is 2. The van der Waals surface area contributed by atoms with Gasteiger partial charge in [0.25, 0.3) is 0 Å². The van der Waals surface area contributed by atoms with Gasteiger partial charge in [0.1, 0.15) is 17.3 Å². The van der Waals surface area contributed by atoms with Gasteiger partial charge in [-0.1, -0.05) is 44.9 Å². The summed E-state index contributed by atoms with van der Waals surface area (Å²) in [4.78, 5) is 0. The first kappa shape index (κ1) is 23.0. The van der Waals surface area contributed by atoms with Crippen LogP contribution in [-0.4, -0.2) is 17.6 Å². The summed E-state index contributed by atoms with van der Waals surface area (Å²) in [6.45, 7) is 4.17. The second-order valence-corrected chi connectivity index (χ2v) is 8.81. The molecular weight excluding hydrogens is 384 g/mol. The van der Waals surface area contributed by atoms with Gasteiger partial charge in [-0.15, -0.1) is 0 Å². The molecule has 166 valence electrons. The van der Waals surface area contributed by atoms with Crippen molar-refractivity contribution in [2.24, 2.45) is 23.3 Å². The third-order valence-electron chi connectivity index (χ3n) is 6.32. The highest BCUT2D eigenvalue weighted by Crippen LogP contribution is 2.33. The predicted molar refractivity (Wildman–Crippen MR) is 129 cm³/mol. The lowest BCUT2D eigenvalue weighted by atomic mass is 9.86. The van der Waals surface area contributed by atoms with Gasteiger partial charge in [-0.3, -0.25) is 5.41 Å². The molecular formula is C26H36N4O. The quantitative estimate of drug-likeness (QED) is 0.309. The summed E-state index contributed by atoms with van der Waals surface area (Å²) in [5.74, 6) is 2.43. The van der Waals surface area contributed by atoms with Gasteiger partial charge < -0.3 is 21.6 Å². The summed E-state index contributed by atoms with van der Waals surface area (Å²) in [5, 5.41) is 16.9. The number of benzene rings is 1. The average Bonchev–Trinajstić information content (AvgIpc) is 3.28. The predicted octanol–water partition coefficient (Wildman–Crippen LogP) is 5.57. The SMILES string of the molecule is CCC(N)C(C(=N)N)=C(CC(=N)C1CCCC1)c1ccc(OC2=CC(C)CC=C2)cc1. The van der Waals surface area contributed by atoms with E-state index in [1.165, 1.54) is 12.8 Å². The van der Waals surface area contributed by atoms with Crippen LogP contribution in [0.3, 0.4) is 0 Å². The van der Waals surface area contributed by atoms with E-state index in [0.717, 1.165) is 47.6 Å². The maximum absolute atomic E-state index is 8.70. The average molecular weight is 421 g/mol. The molecule has 1 fully saturated rings. The molecule has 0 radical (unpaired) electrons. The molecule has 2 aliphatic rings. The van der Waals surface area contributed by atoms with Gasteiger partial charge in [0, 0.05) is 23.7 Å². The second kappa shape index (κ2) is 10.6. The Balaban J connectivity index is 1.90. The molecule has 1 aromatic carbocycles. The molecule has 0 heterocycles. The van der Waals surface area contributed by atoms with Crippen molar-refractivity contribution in [2.45, 2.75) is 64.8 Å². The Labute approximate surface area is 186 Å². The van der Waals surface area contributed by atoms with Crippen molar-refractivity contribution in [3.05, 3.63) is 59.4 Å². The Morgan fingerprint density at radius 3 is 2.42 bits per heavy atom. The zero-order chi connectivity index (χ0) is 22.4. The Morgan fingerprint density at radius 2 is 1.84 bits per heavy atom. The molecule has 2 aliphatic carbocycles. The number of allylic oxidation sites excluding steroid dienone is 4. The van der Waals surface area contributed by atoms with E-state index in [4.69, 9.17) is 27.0 Å². The van der Waals surface area contributed by atoms with Gasteiger partial charge in [-0.2, -0.15) is 0 Å². The zero-order valence-electron chi connectivity index (χ0n) is 18.8. The van der Waals surface area contributed by atoms with Crippen molar-refractivity contribution in [2.75, 3.05) is 0 Å². The largest absolute Gasteiger partial charge is 0.458 e. The van der Waals surface area contributed by atoms with Crippen LogP contribution in [0.25, 0.3) is 5.57 Å². The van der Waals surface area contributed by atoms with Crippen LogP contribution in [0.4, 0.5) is 0 Å². The van der Waals surface area contributed by atoms with Gasteiger partial charge in [-0.25, -0.2) is 0 Å². The molecule has 0 amide bonds. The molecule has 5 heteroatoms. The van der Waals surface area contributed by atoms with Crippen LogP contribution < -0.4 is 16.2 Å². The number of rotatable bonds is 9. The molecule has 2 atom stereocenters. The monoisotopic (exact) mass is 420 g/mol. The molecule has 0 spiro atoms. The number of nitrogens with two attached hydrogens (primary N) is 2. The van der Waals surface area contributed by atoms with Crippen molar-refractivity contribution in [1.82, 2.24) is 0 Å². The number of hydrogen-bond donors (Lipinski definition) is 4. The summed E-state index contributed by atoms with van der Waals surface area (Å²) in [7, 11) is 0. The normalized spacial score (nSPS) is 20.7. The topological polar surface area (TPSA) is 109 Å². The molecule has 2 unspecified atom stereocenters. The van der Waals surface area contributed by atoms with Crippen molar-refractivity contribution in [3.8, 4) is 5.75 Å². The van der Waals surface area contributed by atoms with Crippen LogP contribution in [0, 0.1) is 22.7 Å². The summed E-state index contributed by atoms with van der Waals surface area (Å²) < 4.78 is 6.02. The van der Waals surface area contributed by atoms with Crippen LogP contribution >= 0.6 is 0 Å². The Hall–Kier alpha value is -2.66. The number of hydrogen-bond acceptors (Lipinski definition) is 4. The van der Waals surface area contributed by atoms with E-state index in [1.807, 2.05) is 37.3 Å². The lowest BCUT2D eigenvalue weighted by Gasteiger charge is -2.22. The minimum absolute atomic E-state index is 0.00427. The third-order valence-corrected chi connectivity index (χ3v) is 6.32. The Bertz CT molecular complexity index is 888. The standard InChI is InChI=1S/C26H36N4O/c1-3-23(27)25(26(29)30)22(16-24(28)19-8-4-5-9-19)18-11-13-20(14-12-18)31-21-10-6-7-17(2)15-21/h6,10-15,17,19,23,28H,3-5,7-9,16,27H2,1-2H3,(H3,29,30). The molecule has 0 aliphatic heterocycles. The van der Waals surface area contributed by atoms with Gasteiger partial charge in [-0.05, 0) is 72.9 Å². The van der Waals surface area contributed by atoms with Gasteiger partial charge >= 0.3 is 0 Å². The molecule has 1 aromatic rings. The van der Waals surface area contributed by atoms with Crippen LogP contribution in [-0.2, 0) is 0 Å². The van der Waals surface area contributed by atoms with Crippen molar-refractivity contribution >= 4 is 17.1 Å².